The van der Waals surface area contributed by atoms with Crippen LogP contribution < -0.4 is 5.56 Å². The number of para-hydroxylation sites is 2. The fourth-order valence-corrected chi connectivity index (χ4v) is 2.91. The first-order chi connectivity index (χ1) is 10.0. The molecule has 0 aliphatic rings. The van der Waals surface area contributed by atoms with E-state index in [4.69, 9.17) is 34.8 Å². The number of H-pyrrole nitrogens is 1. The fraction of sp³-hybridized carbons (Fsp3) is 0.0667. The average Bonchev–Trinajstić information content (AvgIpc) is 2.44. The second-order valence-corrected chi connectivity index (χ2v) is 5.84. The number of nitrogens with zero attached hydrogens (tertiary/aromatic N) is 1. The number of aromatic nitrogens is 2. The monoisotopic (exact) mass is 338 g/mol. The molecular weight excluding hydrogens is 331 g/mol. The number of benzene rings is 2. The summed E-state index contributed by atoms with van der Waals surface area (Å²) in [6, 6.07) is 12.2. The van der Waals surface area contributed by atoms with Crippen molar-refractivity contribution in [2.75, 3.05) is 0 Å². The standard InChI is InChI=1S/C15H9Cl3N2O/c16-9-5-8(6-10(17)7-9)13(18)14-15(21)20-12-4-2-1-3-11(12)19-14/h1-7,13H,(H,20,21). The highest BCUT2D eigenvalue weighted by Crippen LogP contribution is 2.30. The SMILES string of the molecule is O=c1[nH]c2ccccc2nc1C(Cl)c1cc(Cl)cc(Cl)c1. The van der Waals surface area contributed by atoms with Gasteiger partial charge < -0.3 is 4.98 Å². The van der Waals surface area contributed by atoms with Gasteiger partial charge in [-0.25, -0.2) is 4.98 Å². The molecule has 3 rings (SSSR count). The zero-order valence-corrected chi connectivity index (χ0v) is 12.9. The van der Waals surface area contributed by atoms with E-state index in [9.17, 15) is 4.79 Å². The van der Waals surface area contributed by atoms with Gasteiger partial charge in [0.1, 0.15) is 11.1 Å². The van der Waals surface area contributed by atoms with E-state index in [1.54, 1.807) is 24.3 Å². The molecule has 1 atom stereocenters. The number of aromatic amines is 1. The Kier molecular flexibility index (Phi) is 3.89. The molecule has 0 fully saturated rings. The molecule has 0 saturated carbocycles. The summed E-state index contributed by atoms with van der Waals surface area (Å²) in [6.07, 6.45) is 0. The van der Waals surface area contributed by atoms with E-state index < -0.39 is 5.38 Å². The highest BCUT2D eigenvalue weighted by atomic mass is 35.5. The summed E-state index contributed by atoms with van der Waals surface area (Å²) < 4.78 is 0. The molecule has 21 heavy (non-hydrogen) atoms. The predicted molar refractivity (Wildman–Crippen MR) is 86.5 cm³/mol. The maximum absolute atomic E-state index is 12.1. The Balaban J connectivity index is 2.14. The van der Waals surface area contributed by atoms with Gasteiger partial charge in [0.05, 0.1) is 11.0 Å². The van der Waals surface area contributed by atoms with Crippen LogP contribution in [0.25, 0.3) is 11.0 Å². The molecule has 1 heterocycles. The molecule has 0 amide bonds. The van der Waals surface area contributed by atoms with Crippen molar-refractivity contribution in [3.05, 3.63) is 74.1 Å². The summed E-state index contributed by atoms with van der Waals surface area (Å²) in [5, 5.41) is 0.190. The number of rotatable bonds is 2. The van der Waals surface area contributed by atoms with Crippen molar-refractivity contribution >= 4 is 45.8 Å². The minimum atomic E-state index is -0.727. The highest BCUT2D eigenvalue weighted by molar-refractivity contribution is 6.35. The molecule has 0 aliphatic carbocycles. The highest BCUT2D eigenvalue weighted by Gasteiger charge is 2.18. The number of fused-ring (bicyclic) bond motifs is 1. The summed E-state index contributed by atoms with van der Waals surface area (Å²) >= 11 is 18.3. The van der Waals surface area contributed by atoms with E-state index in [1.807, 2.05) is 18.2 Å². The van der Waals surface area contributed by atoms with Gasteiger partial charge in [0.2, 0.25) is 0 Å². The van der Waals surface area contributed by atoms with E-state index in [-0.39, 0.29) is 11.3 Å². The van der Waals surface area contributed by atoms with Gasteiger partial charge >= 0.3 is 0 Å². The fourth-order valence-electron chi connectivity index (χ4n) is 2.09. The lowest BCUT2D eigenvalue weighted by molar-refractivity contribution is 0.999. The topological polar surface area (TPSA) is 45.8 Å². The molecule has 0 aliphatic heterocycles. The summed E-state index contributed by atoms with van der Waals surface area (Å²) in [6.45, 7) is 0. The molecule has 1 aromatic heterocycles. The molecule has 106 valence electrons. The first-order valence-corrected chi connectivity index (χ1v) is 7.33. The van der Waals surface area contributed by atoms with Crippen LogP contribution in [0.5, 0.6) is 0 Å². The lowest BCUT2D eigenvalue weighted by atomic mass is 10.1. The van der Waals surface area contributed by atoms with Crippen molar-refractivity contribution in [1.29, 1.82) is 0 Å². The minimum absolute atomic E-state index is 0.216. The molecule has 0 spiro atoms. The average molecular weight is 340 g/mol. The second kappa shape index (κ2) is 5.68. The van der Waals surface area contributed by atoms with E-state index in [2.05, 4.69) is 9.97 Å². The Morgan fingerprint density at radius 3 is 2.43 bits per heavy atom. The van der Waals surface area contributed by atoms with Gasteiger partial charge in [-0.2, -0.15) is 0 Å². The third-order valence-electron chi connectivity index (χ3n) is 3.04. The summed E-state index contributed by atoms with van der Waals surface area (Å²) in [5.74, 6) is 0. The zero-order valence-electron chi connectivity index (χ0n) is 10.6. The van der Waals surface area contributed by atoms with Gasteiger partial charge in [-0.15, -0.1) is 11.6 Å². The lowest BCUT2D eigenvalue weighted by Crippen LogP contribution is -2.17. The van der Waals surface area contributed by atoms with Gasteiger partial charge in [-0.05, 0) is 35.9 Å². The Morgan fingerprint density at radius 2 is 1.71 bits per heavy atom. The summed E-state index contributed by atoms with van der Waals surface area (Å²) in [5.41, 5.74) is 1.85. The van der Waals surface area contributed by atoms with Crippen molar-refractivity contribution in [1.82, 2.24) is 9.97 Å². The van der Waals surface area contributed by atoms with E-state index in [1.165, 1.54) is 0 Å². The molecule has 0 radical (unpaired) electrons. The molecule has 1 N–H and O–H groups in total. The first-order valence-electron chi connectivity index (χ1n) is 6.13. The van der Waals surface area contributed by atoms with E-state index in [0.717, 1.165) is 0 Å². The van der Waals surface area contributed by atoms with Crippen LogP contribution in [0, 0.1) is 0 Å². The zero-order chi connectivity index (χ0) is 15.0. The van der Waals surface area contributed by atoms with Crippen LogP contribution in [-0.4, -0.2) is 9.97 Å². The molecule has 3 aromatic rings. The minimum Gasteiger partial charge on any atom is -0.319 e. The predicted octanol–water partition coefficient (Wildman–Crippen LogP) is 4.56. The smallest absolute Gasteiger partial charge is 0.272 e. The molecule has 1 unspecified atom stereocenters. The second-order valence-electron chi connectivity index (χ2n) is 4.53. The lowest BCUT2D eigenvalue weighted by Gasteiger charge is -2.10. The van der Waals surface area contributed by atoms with Crippen molar-refractivity contribution in [2.45, 2.75) is 5.38 Å². The van der Waals surface area contributed by atoms with Gasteiger partial charge in [0.15, 0.2) is 0 Å². The number of hydrogen-bond donors (Lipinski definition) is 1. The molecule has 0 saturated heterocycles. The normalized spacial score (nSPS) is 12.5. The van der Waals surface area contributed by atoms with Gasteiger partial charge in [-0.1, -0.05) is 35.3 Å². The molecular formula is C15H9Cl3N2O. The van der Waals surface area contributed by atoms with Crippen molar-refractivity contribution < 1.29 is 0 Å². The van der Waals surface area contributed by atoms with Crippen LogP contribution in [0.1, 0.15) is 16.6 Å². The Labute approximate surface area is 135 Å². The third kappa shape index (κ3) is 2.91. The Hall–Kier alpha value is -1.55. The van der Waals surface area contributed by atoms with Gasteiger partial charge in [0, 0.05) is 10.0 Å². The van der Waals surface area contributed by atoms with Crippen LogP contribution in [0.4, 0.5) is 0 Å². The maximum atomic E-state index is 12.1. The third-order valence-corrected chi connectivity index (χ3v) is 3.94. The number of halogens is 3. The van der Waals surface area contributed by atoms with Crippen LogP contribution in [-0.2, 0) is 0 Å². The Bertz CT molecular complexity index is 856. The van der Waals surface area contributed by atoms with Crippen molar-refractivity contribution in [3.8, 4) is 0 Å². The number of nitrogens with one attached hydrogen (secondary N) is 1. The Morgan fingerprint density at radius 1 is 1.05 bits per heavy atom. The first kappa shape index (κ1) is 14.4. The van der Waals surface area contributed by atoms with Crippen LogP contribution in [0.2, 0.25) is 10.0 Å². The van der Waals surface area contributed by atoms with Crippen molar-refractivity contribution in [2.24, 2.45) is 0 Å². The molecule has 6 heteroatoms. The summed E-state index contributed by atoms with van der Waals surface area (Å²) in [7, 11) is 0. The quantitative estimate of drug-likeness (QED) is 0.696. The number of alkyl halides is 1. The van der Waals surface area contributed by atoms with Crippen LogP contribution >= 0.6 is 34.8 Å². The number of hydrogen-bond acceptors (Lipinski definition) is 2. The maximum Gasteiger partial charge on any atom is 0.272 e. The van der Waals surface area contributed by atoms with Gasteiger partial charge in [-0.3, -0.25) is 4.79 Å². The molecule has 2 aromatic carbocycles. The van der Waals surface area contributed by atoms with Crippen LogP contribution in [0.15, 0.2) is 47.3 Å². The van der Waals surface area contributed by atoms with E-state index >= 15 is 0 Å². The van der Waals surface area contributed by atoms with Gasteiger partial charge in [0.25, 0.3) is 5.56 Å². The molecule has 3 nitrogen and oxygen atoms in total. The molecule has 0 bridgehead atoms. The largest absolute Gasteiger partial charge is 0.319 e. The van der Waals surface area contributed by atoms with E-state index in [0.29, 0.717) is 26.6 Å². The van der Waals surface area contributed by atoms with Crippen molar-refractivity contribution in [3.63, 3.8) is 0 Å². The summed E-state index contributed by atoms with van der Waals surface area (Å²) in [4.78, 5) is 19.3. The van der Waals surface area contributed by atoms with Crippen LogP contribution in [0.3, 0.4) is 0 Å².